The van der Waals surface area contributed by atoms with Crippen LogP contribution >= 0.6 is 0 Å². The van der Waals surface area contributed by atoms with Crippen LogP contribution in [-0.4, -0.2) is 12.6 Å². The molecule has 0 amide bonds. The summed E-state index contributed by atoms with van der Waals surface area (Å²) in [6, 6.07) is 0. The molecule has 2 heteroatoms. The van der Waals surface area contributed by atoms with Gasteiger partial charge >= 0.3 is 0 Å². The minimum atomic E-state index is 0.615. The summed E-state index contributed by atoms with van der Waals surface area (Å²) in [4.78, 5) is 20.3. The van der Waals surface area contributed by atoms with Gasteiger partial charge in [0.05, 0.1) is 0 Å². The summed E-state index contributed by atoms with van der Waals surface area (Å²) in [6.45, 7) is 12.2. The van der Waals surface area contributed by atoms with Gasteiger partial charge in [-0.05, 0) is 103 Å². The third-order valence-electron chi connectivity index (χ3n) is 9.39. The molecule has 10 unspecified atom stereocenters. The molecule has 0 saturated heterocycles. The van der Waals surface area contributed by atoms with E-state index in [1.165, 1.54) is 43.8 Å². The van der Waals surface area contributed by atoms with E-state index in [4.69, 9.17) is 4.79 Å². The highest BCUT2D eigenvalue weighted by Crippen LogP contribution is 2.87. The number of hydrogen-bond acceptors (Lipinski definition) is 2. The van der Waals surface area contributed by atoms with Crippen LogP contribution in [0.4, 0.5) is 0 Å². The topological polar surface area (TPSA) is 34.1 Å². The molecule has 5 aliphatic rings. The number of hydrogen-bond donors (Lipinski definition) is 0. The van der Waals surface area contributed by atoms with Crippen molar-refractivity contribution in [2.45, 2.75) is 52.4 Å². The van der Waals surface area contributed by atoms with Crippen molar-refractivity contribution in [1.82, 2.24) is 0 Å². The fourth-order valence-corrected chi connectivity index (χ4v) is 8.65. The zero-order valence-electron chi connectivity index (χ0n) is 17.6. The van der Waals surface area contributed by atoms with E-state index >= 15 is 0 Å². The number of rotatable bonds is 5. The van der Waals surface area contributed by atoms with Crippen molar-refractivity contribution in [1.29, 1.82) is 0 Å². The first-order valence-electron chi connectivity index (χ1n) is 11.4. The number of aldehydes is 2. The standard InChI is InChI=1S/C23H32O.C3H4O/c1-4-6-16-15(8-10-24)11-14(5-2)20-17(16)7-9-23-13(3)21(23)18-12-19(18)22(20)23;1-2-3-4/h5,8,10,13-14,16-22H,2,4,6-7,9,11-12H2,1,3H3;2-3H,1H2/b15-8-;. The van der Waals surface area contributed by atoms with Crippen LogP contribution in [0.25, 0.3) is 0 Å². The van der Waals surface area contributed by atoms with Gasteiger partial charge in [-0.1, -0.05) is 38.5 Å². The average molecular weight is 381 g/mol. The SMILES string of the molecule is C=CC1C/C(=C/C=O)C(CCC)C2CCC34C(C)C3C3CC3C4C12.C=CC=O. The Hall–Kier alpha value is -1.44. The molecular formula is C26H36O2. The summed E-state index contributed by atoms with van der Waals surface area (Å²) in [5.74, 6) is 8.17. The summed E-state index contributed by atoms with van der Waals surface area (Å²) in [5, 5.41) is 0. The second kappa shape index (κ2) is 7.43. The molecule has 0 aromatic heterocycles. The van der Waals surface area contributed by atoms with E-state index < -0.39 is 0 Å². The Balaban J connectivity index is 0.000000442. The molecule has 5 fully saturated rings. The Bertz CT molecular complexity index is 685. The monoisotopic (exact) mass is 380 g/mol. The Labute approximate surface area is 170 Å². The Morgan fingerprint density at radius 1 is 1.11 bits per heavy atom. The number of allylic oxidation sites excluding steroid dienone is 4. The lowest BCUT2D eigenvalue weighted by atomic mass is 9.51. The highest BCUT2D eigenvalue weighted by Gasteiger charge is 2.82. The Kier molecular flexibility index (Phi) is 5.27. The van der Waals surface area contributed by atoms with E-state index in [-0.39, 0.29) is 0 Å². The molecule has 0 aromatic rings. The first-order valence-corrected chi connectivity index (χ1v) is 11.4. The predicted molar refractivity (Wildman–Crippen MR) is 113 cm³/mol. The zero-order chi connectivity index (χ0) is 20.1. The van der Waals surface area contributed by atoms with Crippen LogP contribution in [0.5, 0.6) is 0 Å². The Morgan fingerprint density at radius 2 is 1.82 bits per heavy atom. The number of carbonyl (C=O) groups is 2. The van der Waals surface area contributed by atoms with Crippen LogP contribution in [0.1, 0.15) is 52.4 Å². The van der Waals surface area contributed by atoms with Gasteiger partial charge in [0.25, 0.3) is 0 Å². The van der Waals surface area contributed by atoms with Gasteiger partial charge in [0.1, 0.15) is 12.6 Å². The molecule has 5 rings (SSSR count). The van der Waals surface area contributed by atoms with E-state index in [0.29, 0.717) is 18.1 Å². The minimum Gasteiger partial charge on any atom is -0.299 e. The molecule has 10 atom stereocenters. The molecule has 28 heavy (non-hydrogen) atoms. The van der Waals surface area contributed by atoms with Crippen LogP contribution in [0.2, 0.25) is 0 Å². The lowest BCUT2D eigenvalue weighted by Gasteiger charge is -2.53. The molecule has 0 heterocycles. The molecule has 0 N–H and O–H groups in total. The summed E-state index contributed by atoms with van der Waals surface area (Å²) < 4.78 is 0. The maximum absolute atomic E-state index is 11.2. The van der Waals surface area contributed by atoms with Gasteiger partial charge in [0.15, 0.2) is 0 Å². The third kappa shape index (κ3) is 2.66. The van der Waals surface area contributed by atoms with Gasteiger partial charge in [0.2, 0.25) is 0 Å². The second-order valence-corrected chi connectivity index (χ2v) is 10.0. The van der Waals surface area contributed by atoms with Crippen molar-refractivity contribution in [2.24, 2.45) is 58.7 Å². The highest BCUT2D eigenvalue weighted by atomic mass is 16.1. The van der Waals surface area contributed by atoms with Gasteiger partial charge in [-0.2, -0.15) is 0 Å². The molecule has 5 aliphatic carbocycles. The van der Waals surface area contributed by atoms with Crippen LogP contribution in [0.15, 0.2) is 37.0 Å². The molecule has 5 saturated carbocycles. The summed E-state index contributed by atoms with van der Waals surface area (Å²) in [6.07, 6.45) is 15.1. The van der Waals surface area contributed by atoms with Gasteiger partial charge in [-0.25, -0.2) is 0 Å². The predicted octanol–water partition coefficient (Wildman–Crippen LogP) is 5.65. The maximum atomic E-state index is 11.2. The lowest BCUT2D eigenvalue weighted by Crippen LogP contribution is -2.47. The van der Waals surface area contributed by atoms with Gasteiger partial charge in [0, 0.05) is 0 Å². The van der Waals surface area contributed by atoms with E-state index in [2.05, 4.69) is 33.1 Å². The summed E-state index contributed by atoms with van der Waals surface area (Å²) in [7, 11) is 0. The highest BCUT2D eigenvalue weighted by molar-refractivity contribution is 5.66. The van der Waals surface area contributed by atoms with Gasteiger partial charge < -0.3 is 0 Å². The number of fused-ring (bicyclic) bond motifs is 5. The van der Waals surface area contributed by atoms with Gasteiger partial charge in [-0.3, -0.25) is 9.59 Å². The molecule has 0 bridgehead atoms. The average Bonchev–Trinajstić information content (AvgIpc) is 3.58. The van der Waals surface area contributed by atoms with Gasteiger partial charge in [-0.15, -0.1) is 6.58 Å². The number of carbonyl (C=O) groups excluding carboxylic acids is 2. The summed E-state index contributed by atoms with van der Waals surface area (Å²) >= 11 is 0. The van der Waals surface area contributed by atoms with Crippen molar-refractivity contribution < 1.29 is 9.59 Å². The summed E-state index contributed by atoms with van der Waals surface area (Å²) in [5.41, 5.74) is 2.18. The molecule has 0 aromatic carbocycles. The molecule has 152 valence electrons. The first kappa shape index (κ1) is 19.9. The second-order valence-electron chi connectivity index (χ2n) is 10.0. The fourth-order valence-electron chi connectivity index (χ4n) is 8.65. The lowest BCUT2D eigenvalue weighted by molar-refractivity contribution is -0.104. The van der Waals surface area contributed by atoms with Crippen molar-refractivity contribution in [2.75, 3.05) is 0 Å². The third-order valence-corrected chi connectivity index (χ3v) is 9.39. The quantitative estimate of drug-likeness (QED) is 0.351. The Morgan fingerprint density at radius 3 is 2.43 bits per heavy atom. The smallest absolute Gasteiger partial charge is 0.142 e. The molecular weight excluding hydrogens is 344 g/mol. The van der Waals surface area contributed by atoms with Crippen molar-refractivity contribution in [3.8, 4) is 0 Å². The fraction of sp³-hybridized carbons (Fsp3) is 0.692. The first-order chi connectivity index (χ1) is 13.6. The van der Waals surface area contributed by atoms with Crippen molar-refractivity contribution >= 4 is 12.6 Å². The van der Waals surface area contributed by atoms with E-state index in [1.54, 1.807) is 0 Å². The molecule has 2 nitrogen and oxygen atoms in total. The van der Waals surface area contributed by atoms with E-state index in [1.807, 2.05) is 6.08 Å². The minimum absolute atomic E-state index is 0.615. The van der Waals surface area contributed by atoms with Crippen LogP contribution < -0.4 is 0 Å². The van der Waals surface area contributed by atoms with Crippen LogP contribution in [-0.2, 0) is 9.59 Å². The van der Waals surface area contributed by atoms with Crippen molar-refractivity contribution in [3.63, 3.8) is 0 Å². The largest absolute Gasteiger partial charge is 0.299 e. The van der Waals surface area contributed by atoms with E-state index in [0.717, 1.165) is 59.5 Å². The molecule has 0 radical (unpaired) electrons. The molecule has 1 spiro atoms. The van der Waals surface area contributed by atoms with Crippen LogP contribution in [0.3, 0.4) is 0 Å². The van der Waals surface area contributed by atoms with E-state index in [9.17, 15) is 4.79 Å². The zero-order valence-corrected chi connectivity index (χ0v) is 17.6. The maximum Gasteiger partial charge on any atom is 0.142 e. The normalized spacial score (nSPS) is 50.6. The van der Waals surface area contributed by atoms with Crippen molar-refractivity contribution in [3.05, 3.63) is 37.0 Å². The van der Waals surface area contributed by atoms with Crippen LogP contribution in [0, 0.1) is 58.7 Å². The molecule has 0 aliphatic heterocycles.